The highest BCUT2D eigenvalue weighted by molar-refractivity contribution is 7.80. The third-order valence-corrected chi connectivity index (χ3v) is 5.96. The first-order chi connectivity index (χ1) is 16.7. The van der Waals surface area contributed by atoms with E-state index in [0.717, 1.165) is 16.7 Å². The molecule has 0 bridgehead atoms. The summed E-state index contributed by atoms with van der Waals surface area (Å²) in [5.41, 5.74) is -0.621. The van der Waals surface area contributed by atoms with Crippen molar-refractivity contribution in [2.45, 2.75) is 19.2 Å². The number of nitrogens with zero attached hydrogens (tertiary/aromatic N) is 4. The Kier molecular flexibility index (Phi) is 7.11. The van der Waals surface area contributed by atoms with Crippen molar-refractivity contribution >= 4 is 50.8 Å². The predicted octanol–water partition coefficient (Wildman–Crippen LogP) is 5.62. The molecule has 0 amide bonds. The van der Waals surface area contributed by atoms with E-state index in [0.29, 0.717) is 0 Å². The van der Waals surface area contributed by atoms with Gasteiger partial charge >= 0.3 is 16.6 Å². The largest absolute Gasteiger partial charge is 0.489 e. The normalized spacial score (nSPS) is 13.3. The van der Waals surface area contributed by atoms with Gasteiger partial charge in [0.1, 0.15) is 24.2 Å². The first-order valence-corrected chi connectivity index (χ1v) is 12.1. The van der Waals surface area contributed by atoms with Crippen LogP contribution >= 0.6 is 34.8 Å². The first kappa shape index (κ1) is 26.4. The van der Waals surface area contributed by atoms with E-state index < -0.39 is 28.2 Å². The summed E-state index contributed by atoms with van der Waals surface area (Å²) in [5, 5.41) is 3.72. The molecule has 0 saturated heterocycles. The minimum Gasteiger partial charge on any atom is -0.489 e. The van der Waals surface area contributed by atoms with E-state index in [2.05, 4.69) is 19.3 Å². The Morgan fingerprint density at radius 1 is 1.11 bits per heavy atom. The molecule has 0 fully saturated rings. The predicted molar refractivity (Wildman–Crippen MR) is 122 cm³/mol. The van der Waals surface area contributed by atoms with Gasteiger partial charge in [-0.05, 0) is 19.1 Å². The number of imidazole rings is 1. The van der Waals surface area contributed by atoms with E-state index in [4.69, 9.17) is 48.6 Å². The third kappa shape index (κ3) is 5.85. The van der Waals surface area contributed by atoms with E-state index in [1.165, 1.54) is 25.3 Å². The molecule has 4 rings (SSSR count). The number of ether oxygens (including phenoxy) is 1. The average molecular weight is 588 g/mol. The Bertz CT molecular complexity index is 1560. The molecule has 0 unspecified atom stereocenters. The molecule has 17 heteroatoms. The second-order valence-corrected chi connectivity index (χ2v) is 9.53. The van der Waals surface area contributed by atoms with Gasteiger partial charge in [-0.15, -0.1) is 0 Å². The van der Waals surface area contributed by atoms with Crippen molar-refractivity contribution in [1.82, 2.24) is 19.5 Å². The Morgan fingerprint density at radius 3 is 2.50 bits per heavy atom. The lowest BCUT2D eigenvalue weighted by Crippen LogP contribution is -2.21. The van der Waals surface area contributed by atoms with Crippen LogP contribution in [-0.2, 0) is 20.8 Å². The number of benzene rings is 1. The van der Waals surface area contributed by atoms with Gasteiger partial charge in [0.15, 0.2) is 5.65 Å². The van der Waals surface area contributed by atoms with Gasteiger partial charge in [0.2, 0.25) is 5.82 Å². The van der Waals surface area contributed by atoms with Crippen molar-refractivity contribution in [1.29, 1.82) is 0 Å². The van der Waals surface area contributed by atoms with Gasteiger partial charge in [-0.1, -0.05) is 40.0 Å². The fourth-order valence-corrected chi connectivity index (χ4v) is 4.19. The van der Waals surface area contributed by atoms with Crippen molar-refractivity contribution in [3.63, 3.8) is 0 Å². The zero-order valence-corrected chi connectivity index (χ0v) is 20.7. The zero-order valence-electron chi connectivity index (χ0n) is 17.6. The van der Waals surface area contributed by atoms with Crippen LogP contribution < -0.4 is 4.74 Å². The van der Waals surface area contributed by atoms with Crippen molar-refractivity contribution in [2.75, 3.05) is 6.61 Å². The summed E-state index contributed by atoms with van der Waals surface area (Å²) in [4.78, 5) is 8.32. The van der Waals surface area contributed by atoms with E-state index in [9.17, 15) is 21.6 Å². The lowest BCUT2D eigenvalue weighted by Gasteiger charge is -2.13. The Balaban J connectivity index is 1.59. The van der Waals surface area contributed by atoms with E-state index in [-0.39, 0.29) is 56.0 Å². The topological polar surface area (TPSA) is 129 Å². The van der Waals surface area contributed by atoms with Crippen LogP contribution in [0, 0.1) is 0 Å². The summed E-state index contributed by atoms with van der Waals surface area (Å²) in [6.45, 7) is 1.06. The third-order valence-electron chi connectivity index (χ3n) is 4.50. The van der Waals surface area contributed by atoms with Gasteiger partial charge in [-0.3, -0.25) is 4.55 Å². The van der Waals surface area contributed by atoms with Gasteiger partial charge in [-0.25, -0.2) is 9.17 Å². The lowest BCUT2D eigenvalue weighted by molar-refractivity contribution is -0.137. The van der Waals surface area contributed by atoms with Gasteiger partial charge in [0.05, 0.1) is 20.6 Å². The smallest absolute Gasteiger partial charge is 0.417 e. The number of alkyl halides is 3. The molecular weight excluding hydrogens is 576 g/mol. The van der Waals surface area contributed by atoms with Crippen LogP contribution in [0.25, 0.3) is 28.6 Å². The fraction of sp³-hybridized carbons (Fsp3) is 0.211. The second-order valence-electron chi connectivity index (χ2n) is 7.26. The lowest BCUT2D eigenvalue weighted by atomic mass is 10.2. The average Bonchev–Trinajstić information content (AvgIpc) is 3.39. The molecule has 3 heterocycles. The van der Waals surface area contributed by atoms with Gasteiger partial charge in [0, 0.05) is 24.0 Å². The molecule has 0 aliphatic rings. The molecule has 36 heavy (non-hydrogen) atoms. The summed E-state index contributed by atoms with van der Waals surface area (Å²) in [7, 11) is -4.66. The van der Waals surface area contributed by atoms with E-state index in [1.807, 2.05) is 0 Å². The number of aromatic nitrogens is 4. The molecule has 192 valence electrons. The first-order valence-electron chi connectivity index (χ1n) is 9.58. The molecule has 0 saturated carbocycles. The van der Waals surface area contributed by atoms with Crippen molar-refractivity contribution in [2.24, 2.45) is 0 Å². The molecule has 10 nitrogen and oxygen atoms in total. The molecule has 0 spiro atoms. The van der Waals surface area contributed by atoms with Crippen molar-refractivity contribution in [3.8, 4) is 28.7 Å². The fourth-order valence-electron chi connectivity index (χ4n) is 3.00. The Morgan fingerprint density at radius 2 is 1.83 bits per heavy atom. The number of rotatable bonds is 7. The number of hydrogen-bond acceptors (Lipinski definition) is 8. The minimum atomic E-state index is -4.66. The summed E-state index contributed by atoms with van der Waals surface area (Å²) in [6.07, 6.45) is -3.56. The van der Waals surface area contributed by atoms with Crippen LogP contribution in [0.4, 0.5) is 13.2 Å². The molecule has 1 atom stereocenters. The number of pyridine rings is 1. The highest BCUT2D eigenvalue weighted by Gasteiger charge is 2.32. The summed E-state index contributed by atoms with van der Waals surface area (Å²) >= 11 is 18.5. The molecule has 0 aliphatic carbocycles. The maximum Gasteiger partial charge on any atom is 0.417 e. The highest BCUT2D eigenvalue weighted by atomic mass is 35.5. The van der Waals surface area contributed by atoms with Crippen molar-refractivity contribution in [3.05, 3.63) is 51.2 Å². The second kappa shape index (κ2) is 9.68. The summed E-state index contributed by atoms with van der Waals surface area (Å²) in [6, 6.07) is 3.44. The zero-order chi connectivity index (χ0) is 26.4. The van der Waals surface area contributed by atoms with Crippen LogP contribution in [-0.4, -0.2) is 45.2 Å². The molecular formula is C19H12Cl3F3N4O6S. The maximum atomic E-state index is 13.1. The van der Waals surface area contributed by atoms with Crippen LogP contribution in [0.15, 0.2) is 35.1 Å². The van der Waals surface area contributed by atoms with Gasteiger partial charge in [0.25, 0.3) is 5.89 Å². The molecule has 3 aromatic heterocycles. The highest BCUT2D eigenvalue weighted by Crippen LogP contribution is 2.37. The minimum absolute atomic E-state index is 0.00865. The standard InChI is InChI=1S/C19H12Cl3F3N4O6S/c1-8(35-36(30,31)32)7-33-15-4-11(20)10(3-12(15)21)16-27-18(34-28-16)14-6-29-5-9(19(23,24)25)2-13(22)17(29)26-14/h2-6,8H,7H2,1H3,(H,30,31,32)/t8-/m0/s1. The number of fused-ring (bicyclic) bond motifs is 1. The molecule has 0 radical (unpaired) electrons. The molecule has 0 aliphatic heterocycles. The molecule has 1 N–H and O–H groups in total. The summed E-state index contributed by atoms with van der Waals surface area (Å²) < 4.78 is 85.4. The maximum absolute atomic E-state index is 13.1. The number of halogens is 6. The summed E-state index contributed by atoms with van der Waals surface area (Å²) in [5.74, 6) is -0.0527. The Labute approximate surface area is 215 Å². The van der Waals surface area contributed by atoms with Gasteiger partial charge < -0.3 is 13.7 Å². The van der Waals surface area contributed by atoms with Crippen LogP contribution in [0.3, 0.4) is 0 Å². The monoisotopic (exact) mass is 586 g/mol. The number of hydrogen-bond donors (Lipinski definition) is 1. The molecule has 1 aromatic carbocycles. The van der Waals surface area contributed by atoms with Crippen molar-refractivity contribution < 1.29 is 39.6 Å². The molecule has 4 aromatic rings. The quantitative estimate of drug-likeness (QED) is 0.274. The van der Waals surface area contributed by atoms with Crippen LogP contribution in [0.1, 0.15) is 12.5 Å². The van der Waals surface area contributed by atoms with Crippen LogP contribution in [0.2, 0.25) is 15.1 Å². The van der Waals surface area contributed by atoms with Crippen LogP contribution in [0.5, 0.6) is 5.75 Å². The van der Waals surface area contributed by atoms with E-state index in [1.54, 1.807) is 0 Å². The Hall–Kier alpha value is -2.62. The SMILES string of the molecule is C[C@@H](COc1cc(Cl)c(-c2noc(-c3cn4cc(C(F)(F)F)cc(Cl)c4n3)n2)cc1Cl)OS(=O)(=O)O. The van der Waals surface area contributed by atoms with E-state index >= 15 is 0 Å². The van der Waals surface area contributed by atoms with Gasteiger partial charge in [-0.2, -0.15) is 26.6 Å².